The Hall–Kier alpha value is -3.40. The SMILES string of the molecule is COc1cccc(-c2sc(C)nc2C(=O)N2CC[C@H](C)[C@H]2c2nc3cc(C(F)(F)F)ccc3[nH]2)c1. The van der Waals surface area contributed by atoms with Crippen LogP contribution in [0.5, 0.6) is 5.75 Å². The molecule has 2 aromatic heterocycles. The smallest absolute Gasteiger partial charge is 0.416 e. The summed E-state index contributed by atoms with van der Waals surface area (Å²) in [5.74, 6) is 1.01. The number of nitrogens with zero attached hydrogens (tertiary/aromatic N) is 3. The number of fused-ring (bicyclic) bond motifs is 1. The van der Waals surface area contributed by atoms with Gasteiger partial charge in [-0.05, 0) is 55.2 Å². The number of benzene rings is 2. The molecule has 35 heavy (non-hydrogen) atoms. The molecule has 2 atom stereocenters. The molecule has 1 amide bonds. The molecule has 1 aliphatic heterocycles. The number of aryl methyl sites for hydroxylation is 1. The molecule has 10 heteroatoms. The number of aromatic amines is 1. The fourth-order valence-electron chi connectivity index (χ4n) is 4.60. The first kappa shape index (κ1) is 23.3. The molecule has 6 nitrogen and oxygen atoms in total. The predicted octanol–water partition coefficient (Wildman–Crippen LogP) is 6.25. The Balaban J connectivity index is 1.52. The number of amides is 1. The van der Waals surface area contributed by atoms with Crippen molar-refractivity contribution < 1.29 is 22.7 Å². The molecule has 1 fully saturated rings. The van der Waals surface area contributed by atoms with Crippen LogP contribution in [0.2, 0.25) is 0 Å². The normalized spacial score (nSPS) is 18.4. The van der Waals surface area contributed by atoms with Crippen molar-refractivity contribution in [3.05, 3.63) is 64.6 Å². The summed E-state index contributed by atoms with van der Waals surface area (Å²) in [5.41, 5.74) is 1.17. The lowest BCUT2D eigenvalue weighted by atomic mass is 10.0. The van der Waals surface area contributed by atoms with E-state index in [9.17, 15) is 18.0 Å². The Morgan fingerprint density at radius 1 is 1.20 bits per heavy atom. The molecule has 2 aromatic carbocycles. The highest BCUT2D eigenvalue weighted by atomic mass is 32.1. The molecule has 0 unspecified atom stereocenters. The van der Waals surface area contributed by atoms with Crippen LogP contribution in [0, 0.1) is 12.8 Å². The van der Waals surface area contributed by atoms with E-state index in [-0.39, 0.29) is 17.3 Å². The number of carbonyl (C=O) groups is 1. The number of halogens is 3. The Morgan fingerprint density at radius 2 is 2.00 bits per heavy atom. The standard InChI is InChI=1S/C25H23F3N4O2S/c1-13-9-10-32(21(13)23-30-18-8-7-16(25(26,27)28)12-19(18)31-23)24(33)20-22(35-14(2)29-20)15-5-4-6-17(11-15)34-3/h4-8,11-13,21H,9-10H2,1-3H3,(H,30,31)/t13-,21-/m0/s1. The van der Waals surface area contributed by atoms with E-state index in [4.69, 9.17) is 4.74 Å². The van der Waals surface area contributed by atoms with Crippen LogP contribution < -0.4 is 4.74 Å². The van der Waals surface area contributed by atoms with E-state index < -0.39 is 17.8 Å². The van der Waals surface area contributed by atoms with Gasteiger partial charge < -0.3 is 14.6 Å². The fourth-order valence-corrected chi connectivity index (χ4v) is 5.51. The molecule has 1 saturated heterocycles. The summed E-state index contributed by atoms with van der Waals surface area (Å²) in [6.07, 6.45) is -3.70. The maximum Gasteiger partial charge on any atom is 0.416 e. The van der Waals surface area contributed by atoms with Gasteiger partial charge in [0.25, 0.3) is 5.91 Å². The van der Waals surface area contributed by atoms with Gasteiger partial charge in [0.15, 0.2) is 0 Å². The second-order valence-corrected chi connectivity index (χ2v) is 9.91. The van der Waals surface area contributed by atoms with E-state index in [0.717, 1.165) is 34.0 Å². The number of ether oxygens (including phenoxy) is 1. The summed E-state index contributed by atoms with van der Waals surface area (Å²) in [5, 5.41) is 0.762. The zero-order valence-electron chi connectivity index (χ0n) is 19.3. The zero-order valence-corrected chi connectivity index (χ0v) is 20.1. The van der Waals surface area contributed by atoms with Crippen molar-refractivity contribution in [3.8, 4) is 16.2 Å². The van der Waals surface area contributed by atoms with Gasteiger partial charge in [0.05, 0.1) is 39.6 Å². The molecule has 0 radical (unpaired) electrons. The van der Waals surface area contributed by atoms with Crippen LogP contribution in [0.15, 0.2) is 42.5 Å². The molecule has 1 N–H and O–H groups in total. The Morgan fingerprint density at radius 3 is 2.74 bits per heavy atom. The number of alkyl halides is 3. The lowest BCUT2D eigenvalue weighted by Gasteiger charge is -2.25. The van der Waals surface area contributed by atoms with Gasteiger partial charge in [0.2, 0.25) is 0 Å². The first-order valence-electron chi connectivity index (χ1n) is 11.2. The number of imidazole rings is 1. The summed E-state index contributed by atoms with van der Waals surface area (Å²) >= 11 is 1.44. The summed E-state index contributed by atoms with van der Waals surface area (Å²) in [6, 6.07) is 10.5. The number of hydrogen-bond acceptors (Lipinski definition) is 5. The number of likely N-dealkylation sites (tertiary alicyclic amines) is 1. The lowest BCUT2D eigenvalue weighted by molar-refractivity contribution is -0.137. The van der Waals surface area contributed by atoms with E-state index in [0.29, 0.717) is 29.3 Å². The van der Waals surface area contributed by atoms with Crippen LogP contribution in [-0.4, -0.2) is 39.4 Å². The maximum absolute atomic E-state index is 13.8. The Labute approximate surface area is 203 Å². The number of thiazole rings is 1. The molecule has 1 aliphatic rings. The van der Waals surface area contributed by atoms with Gasteiger partial charge >= 0.3 is 6.18 Å². The third-order valence-electron chi connectivity index (χ3n) is 6.34. The molecule has 4 aromatic rings. The van der Waals surface area contributed by atoms with Crippen molar-refractivity contribution in [2.24, 2.45) is 5.92 Å². The minimum absolute atomic E-state index is 0.0709. The highest BCUT2D eigenvalue weighted by Gasteiger charge is 2.40. The van der Waals surface area contributed by atoms with Crippen LogP contribution in [0.4, 0.5) is 13.2 Å². The average Bonchev–Trinajstić information content (AvgIpc) is 3.53. The van der Waals surface area contributed by atoms with Crippen molar-refractivity contribution >= 4 is 28.3 Å². The van der Waals surface area contributed by atoms with Crippen molar-refractivity contribution in [2.75, 3.05) is 13.7 Å². The van der Waals surface area contributed by atoms with Crippen LogP contribution >= 0.6 is 11.3 Å². The largest absolute Gasteiger partial charge is 0.497 e. The van der Waals surface area contributed by atoms with Crippen LogP contribution in [-0.2, 0) is 6.18 Å². The van der Waals surface area contributed by atoms with E-state index in [2.05, 4.69) is 15.0 Å². The molecule has 182 valence electrons. The van der Waals surface area contributed by atoms with Crippen LogP contribution in [0.3, 0.4) is 0 Å². The molecule has 0 bridgehead atoms. The summed E-state index contributed by atoms with van der Waals surface area (Å²) < 4.78 is 44.8. The van der Waals surface area contributed by atoms with Gasteiger partial charge in [0, 0.05) is 6.54 Å². The van der Waals surface area contributed by atoms with Gasteiger partial charge in [-0.3, -0.25) is 4.79 Å². The second-order valence-electron chi connectivity index (χ2n) is 8.70. The molecule has 0 saturated carbocycles. The van der Waals surface area contributed by atoms with Gasteiger partial charge in [0.1, 0.15) is 17.3 Å². The third-order valence-corrected chi connectivity index (χ3v) is 7.36. The van der Waals surface area contributed by atoms with Crippen molar-refractivity contribution in [1.82, 2.24) is 19.9 Å². The number of hydrogen-bond donors (Lipinski definition) is 1. The number of aromatic nitrogens is 3. The predicted molar refractivity (Wildman–Crippen MR) is 127 cm³/mol. The first-order valence-corrected chi connectivity index (χ1v) is 12.0. The van der Waals surface area contributed by atoms with Gasteiger partial charge in [-0.25, -0.2) is 9.97 Å². The topological polar surface area (TPSA) is 71.1 Å². The summed E-state index contributed by atoms with van der Waals surface area (Å²) in [7, 11) is 1.59. The van der Waals surface area contributed by atoms with Crippen LogP contribution in [0.1, 0.15) is 46.3 Å². The third kappa shape index (κ3) is 4.27. The quantitative estimate of drug-likeness (QED) is 0.360. The zero-order chi connectivity index (χ0) is 24.9. The van der Waals surface area contributed by atoms with Crippen molar-refractivity contribution in [3.63, 3.8) is 0 Å². The monoisotopic (exact) mass is 500 g/mol. The van der Waals surface area contributed by atoms with Gasteiger partial charge in [-0.2, -0.15) is 13.2 Å². The minimum atomic E-state index is -4.45. The fraction of sp³-hybridized carbons (Fsp3) is 0.320. The van der Waals surface area contributed by atoms with E-state index >= 15 is 0 Å². The second kappa shape index (κ2) is 8.67. The number of nitrogens with one attached hydrogen (secondary N) is 1. The van der Waals surface area contributed by atoms with E-state index in [1.807, 2.05) is 38.1 Å². The first-order chi connectivity index (χ1) is 16.7. The lowest BCUT2D eigenvalue weighted by Crippen LogP contribution is -2.33. The number of carbonyl (C=O) groups excluding carboxylic acids is 1. The van der Waals surface area contributed by atoms with E-state index in [1.54, 1.807) is 12.0 Å². The molecular weight excluding hydrogens is 477 g/mol. The molecule has 5 rings (SSSR count). The number of rotatable bonds is 4. The van der Waals surface area contributed by atoms with E-state index in [1.165, 1.54) is 17.4 Å². The molecule has 0 aliphatic carbocycles. The van der Waals surface area contributed by atoms with Gasteiger partial charge in [-0.15, -0.1) is 11.3 Å². The van der Waals surface area contributed by atoms with Crippen molar-refractivity contribution in [1.29, 1.82) is 0 Å². The number of H-pyrrole nitrogens is 1. The van der Waals surface area contributed by atoms with Gasteiger partial charge in [-0.1, -0.05) is 19.1 Å². The molecule has 3 heterocycles. The highest BCUT2D eigenvalue weighted by Crippen LogP contribution is 2.40. The maximum atomic E-state index is 13.8. The van der Waals surface area contributed by atoms with Crippen LogP contribution in [0.25, 0.3) is 21.5 Å². The molecule has 0 spiro atoms. The highest BCUT2D eigenvalue weighted by molar-refractivity contribution is 7.15. The summed E-state index contributed by atoms with van der Waals surface area (Å²) in [4.78, 5) is 28.4. The van der Waals surface area contributed by atoms with Crippen molar-refractivity contribution in [2.45, 2.75) is 32.5 Å². The Kier molecular flexibility index (Phi) is 5.79. The average molecular weight is 501 g/mol. The number of methoxy groups -OCH3 is 1. The summed E-state index contributed by atoms with van der Waals surface area (Å²) in [6.45, 7) is 4.37. The minimum Gasteiger partial charge on any atom is -0.497 e. The molecular formula is C25H23F3N4O2S. The Bertz CT molecular complexity index is 1410.